The van der Waals surface area contributed by atoms with Gasteiger partial charge < -0.3 is 14.6 Å². The van der Waals surface area contributed by atoms with E-state index in [1.165, 1.54) is 5.56 Å². The number of nitrogens with one attached hydrogen (secondary N) is 1. The standard InChI is InChI=1S/C27H29N3O2/c1-19-13-15-22(16-14-19)32-18-8-17-30-25-12-7-6-11-24(25)29-26(30)21(3)28-27(31)23-10-5-4-9-20(23)2/h4-7,9-16,21H,8,17-18H2,1-3H3,(H,28,31). The molecule has 0 fully saturated rings. The first kappa shape index (κ1) is 21.6. The van der Waals surface area contributed by atoms with Crippen LogP contribution in [-0.4, -0.2) is 22.1 Å². The summed E-state index contributed by atoms with van der Waals surface area (Å²) >= 11 is 0. The number of aromatic nitrogens is 2. The largest absolute Gasteiger partial charge is 0.494 e. The normalized spacial score (nSPS) is 12.0. The molecule has 3 aromatic carbocycles. The molecule has 32 heavy (non-hydrogen) atoms. The molecular weight excluding hydrogens is 398 g/mol. The lowest BCUT2D eigenvalue weighted by Crippen LogP contribution is -2.29. The van der Waals surface area contributed by atoms with Crippen molar-refractivity contribution >= 4 is 16.9 Å². The van der Waals surface area contributed by atoms with E-state index in [0.717, 1.165) is 41.1 Å². The zero-order valence-electron chi connectivity index (χ0n) is 18.8. The van der Waals surface area contributed by atoms with Gasteiger partial charge in [0.15, 0.2) is 0 Å². The molecule has 1 unspecified atom stereocenters. The van der Waals surface area contributed by atoms with Gasteiger partial charge in [-0.2, -0.15) is 0 Å². The van der Waals surface area contributed by atoms with Gasteiger partial charge in [0, 0.05) is 12.1 Å². The van der Waals surface area contributed by atoms with Gasteiger partial charge in [-0.15, -0.1) is 0 Å². The van der Waals surface area contributed by atoms with E-state index >= 15 is 0 Å². The minimum atomic E-state index is -0.229. The maximum absolute atomic E-state index is 12.8. The highest BCUT2D eigenvalue weighted by Crippen LogP contribution is 2.22. The number of fused-ring (bicyclic) bond motifs is 1. The average Bonchev–Trinajstić information content (AvgIpc) is 3.17. The van der Waals surface area contributed by atoms with Gasteiger partial charge in [0.25, 0.3) is 5.91 Å². The van der Waals surface area contributed by atoms with Crippen molar-refractivity contribution in [3.05, 3.63) is 95.3 Å². The lowest BCUT2D eigenvalue weighted by Gasteiger charge is -2.17. The Morgan fingerprint density at radius 3 is 2.50 bits per heavy atom. The average molecular weight is 428 g/mol. The summed E-state index contributed by atoms with van der Waals surface area (Å²) in [6.07, 6.45) is 0.833. The quantitative estimate of drug-likeness (QED) is 0.372. The van der Waals surface area contributed by atoms with E-state index in [4.69, 9.17) is 9.72 Å². The number of aryl methyl sites for hydroxylation is 3. The van der Waals surface area contributed by atoms with Crippen LogP contribution >= 0.6 is 0 Å². The molecule has 0 bridgehead atoms. The SMILES string of the molecule is Cc1ccc(OCCCn2c(C(C)NC(=O)c3ccccc3C)nc3ccccc32)cc1. The molecule has 0 aliphatic heterocycles. The topological polar surface area (TPSA) is 56.1 Å². The first-order valence-electron chi connectivity index (χ1n) is 11.0. The van der Waals surface area contributed by atoms with E-state index in [9.17, 15) is 4.79 Å². The molecule has 5 heteroatoms. The molecule has 1 heterocycles. The summed E-state index contributed by atoms with van der Waals surface area (Å²) in [7, 11) is 0. The first-order valence-corrected chi connectivity index (χ1v) is 11.0. The molecule has 0 aliphatic carbocycles. The zero-order chi connectivity index (χ0) is 22.5. The third-order valence-corrected chi connectivity index (χ3v) is 5.62. The van der Waals surface area contributed by atoms with Crippen molar-refractivity contribution in [3.8, 4) is 5.75 Å². The zero-order valence-corrected chi connectivity index (χ0v) is 18.8. The van der Waals surface area contributed by atoms with Crippen LogP contribution < -0.4 is 10.1 Å². The molecule has 0 aliphatic rings. The van der Waals surface area contributed by atoms with Crippen LogP contribution in [0.1, 0.15) is 46.7 Å². The van der Waals surface area contributed by atoms with Crippen molar-refractivity contribution in [3.63, 3.8) is 0 Å². The number of rotatable bonds is 8. The fourth-order valence-electron chi connectivity index (χ4n) is 3.87. The van der Waals surface area contributed by atoms with E-state index in [1.807, 2.05) is 68.4 Å². The first-order chi connectivity index (χ1) is 15.5. The van der Waals surface area contributed by atoms with Gasteiger partial charge in [0.2, 0.25) is 0 Å². The minimum absolute atomic E-state index is 0.0862. The van der Waals surface area contributed by atoms with Crippen LogP contribution in [-0.2, 0) is 6.54 Å². The Bertz CT molecular complexity index is 1210. The van der Waals surface area contributed by atoms with Gasteiger partial charge >= 0.3 is 0 Å². The fourth-order valence-corrected chi connectivity index (χ4v) is 3.87. The molecule has 1 atom stereocenters. The van der Waals surface area contributed by atoms with E-state index in [1.54, 1.807) is 0 Å². The fraction of sp³-hybridized carbons (Fsp3) is 0.259. The van der Waals surface area contributed by atoms with Crippen LogP contribution in [0.3, 0.4) is 0 Å². The predicted octanol–water partition coefficient (Wildman–Crippen LogP) is 5.61. The third kappa shape index (κ3) is 4.83. The number of ether oxygens (including phenoxy) is 1. The number of carbonyl (C=O) groups excluding carboxylic acids is 1. The van der Waals surface area contributed by atoms with Gasteiger partial charge in [-0.25, -0.2) is 4.98 Å². The maximum Gasteiger partial charge on any atom is 0.252 e. The molecule has 164 valence electrons. The number of carbonyl (C=O) groups is 1. The summed E-state index contributed by atoms with van der Waals surface area (Å²) in [5.41, 5.74) is 4.86. The monoisotopic (exact) mass is 427 g/mol. The number of amides is 1. The Balaban J connectivity index is 1.48. The van der Waals surface area contributed by atoms with Crippen molar-refractivity contribution in [2.24, 2.45) is 0 Å². The Hall–Kier alpha value is -3.60. The van der Waals surface area contributed by atoms with Crippen LogP contribution in [0.2, 0.25) is 0 Å². The number of para-hydroxylation sites is 2. The number of imidazole rings is 1. The number of hydrogen-bond donors (Lipinski definition) is 1. The lowest BCUT2D eigenvalue weighted by molar-refractivity contribution is 0.0937. The number of hydrogen-bond acceptors (Lipinski definition) is 3. The number of nitrogens with zero attached hydrogens (tertiary/aromatic N) is 2. The smallest absolute Gasteiger partial charge is 0.252 e. The van der Waals surface area contributed by atoms with Crippen molar-refractivity contribution in [2.75, 3.05) is 6.61 Å². The van der Waals surface area contributed by atoms with Crippen molar-refractivity contribution in [2.45, 2.75) is 39.8 Å². The van der Waals surface area contributed by atoms with Crippen LogP contribution in [0.4, 0.5) is 0 Å². The van der Waals surface area contributed by atoms with E-state index in [0.29, 0.717) is 12.2 Å². The second-order valence-corrected chi connectivity index (χ2v) is 8.14. The second kappa shape index (κ2) is 9.69. The molecule has 0 saturated carbocycles. The Kier molecular flexibility index (Phi) is 6.55. The predicted molar refractivity (Wildman–Crippen MR) is 128 cm³/mol. The highest BCUT2D eigenvalue weighted by molar-refractivity contribution is 5.95. The van der Waals surface area contributed by atoms with Gasteiger partial charge in [-0.05, 0) is 63.1 Å². The van der Waals surface area contributed by atoms with Crippen LogP contribution in [0.15, 0.2) is 72.8 Å². The molecule has 1 N–H and O–H groups in total. The lowest BCUT2D eigenvalue weighted by atomic mass is 10.1. The van der Waals surface area contributed by atoms with Crippen LogP contribution in [0.25, 0.3) is 11.0 Å². The number of benzene rings is 3. The molecule has 1 amide bonds. The molecule has 0 spiro atoms. The molecule has 0 radical (unpaired) electrons. The molecular formula is C27H29N3O2. The summed E-state index contributed by atoms with van der Waals surface area (Å²) in [6, 6.07) is 23.6. The van der Waals surface area contributed by atoms with Gasteiger partial charge in [-0.3, -0.25) is 4.79 Å². The molecule has 1 aromatic heterocycles. The molecule has 4 aromatic rings. The van der Waals surface area contributed by atoms with Crippen molar-refractivity contribution in [1.82, 2.24) is 14.9 Å². The van der Waals surface area contributed by atoms with Crippen molar-refractivity contribution < 1.29 is 9.53 Å². The van der Waals surface area contributed by atoms with E-state index in [2.05, 4.69) is 35.0 Å². The molecule has 4 rings (SSSR count). The Morgan fingerprint density at radius 2 is 1.72 bits per heavy atom. The maximum atomic E-state index is 12.8. The van der Waals surface area contributed by atoms with E-state index < -0.39 is 0 Å². The Morgan fingerprint density at radius 1 is 1.00 bits per heavy atom. The highest BCUT2D eigenvalue weighted by Gasteiger charge is 2.19. The summed E-state index contributed by atoms with van der Waals surface area (Å²) in [5.74, 6) is 1.64. The summed E-state index contributed by atoms with van der Waals surface area (Å²) in [6.45, 7) is 7.36. The molecule has 0 saturated heterocycles. The van der Waals surface area contributed by atoms with Gasteiger partial charge in [0.1, 0.15) is 11.6 Å². The summed E-state index contributed by atoms with van der Waals surface area (Å²) in [4.78, 5) is 17.7. The minimum Gasteiger partial charge on any atom is -0.494 e. The summed E-state index contributed by atoms with van der Waals surface area (Å²) in [5, 5.41) is 3.12. The van der Waals surface area contributed by atoms with Crippen LogP contribution in [0.5, 0.6) is 5.75 Å². The summed E-state index contributed by atoms with van der Waals surface area (Å²) < 4.78 is 8.09. The molecule has 5 nitrogen and oxygen atoms in total. The van der Waals surface area contributed by atoms with Gasteiger partial charge in [0.05, 0.1) is 23.7 Å². The van der Waals surface area contributed by atoms with Crippen LogP contribution in [0, 0.1) is 13.8 Å². The second-order valence-electron chi connectivity index (χ2n) is 8.14. The Labute approximate surface area is 189 Å². The third-order valence-electron chi connectivity index (χ3n) is 5.62. The van der Waals surface area contributed by atoms with E-state index in [-0.39, 0.29) is 11.9 Å². The highest BCUT2D eigenvalue weighted by atomic mass is 16.5. The van der Waals surface area contributed by atoms with Crippen molar-refractivity contribution in [1.29, 1.82) is 0 Å². The van der Waals surface area contributed by atoms with Gasteiger partial charge in [-0.1, -0.05) is 48.0 Å².